The van der Waals surface area contributed by atoms with Gasteiger partial charge in [-0.3, -0.25) is 9.78 Å². The molecule has 0 spiro atoms. The summed E-state index contributed by atoms with van der Waals surface area (Å²) < 4.78 is 1.97. The molecule has 2 aromatic rings. The second-order valence-corrected chi connectivity index (χ2v) is 4.82. The Kier molecular flexibility index (Phi) is 3.46. The van der Waals surface area contributed by atoms with E-state index >= 15 is 0 Å². The third-order valence-corrected chi connectivity index (χ3v) is 3.51. The number of rotatable bonds is 2. The number of aryl methyl sites for hydroxylation is 1. The molecule has 0 amide bonds. The van der Waals surface area contributed by atoms with Gasteiger partial charge < -0.3 is 9.67 Å². The lowest BCUT2D eigenvalue weighted by molar-refractivity contribution is 0.465. The van der Waals surface area contributed by atoms with Crippen LogP contribution in [0, 0.1) is 10.5 Å². The van der Waals surface area contributed by atoms with Gasteiger partial charge in [0.25, 0.3) is 5.56 Å². The molecule has 0 aliphatic rings. The first-order valence-corrected chi connectivity index (χ1v) is 6.15. The Hall–Kier alpha value is -1.37. The first kappa shape index (κ1) is 12.1. The summed E-state index contributed by atoms with van der Waals surface area (Å²) in [5, 5.41) is 9.54. The van der Waals surface area contributed by atoms with Crippen LogP contribution in [0.1, 0.15) is 11.3 Å². The summed E-state index contributed by atoms with van der Waals surface area (Å²) in [7, 11) is 0. The Morgan fingerprint density at radius 2 is 2.29 bits per heavy atom. The van der Waals surface area contributed by atoms with Crippen molar-refractivity contribution in [3.05, 3.63) is 55.8 Å². The molecule has 2 aromatic heterocycles. The van der Waals surface area contributed by atoms with Crippen LogP contribution >= 0.6 is 22.6 Å². The minimum Gasteiger partial charge on any atom is -0.507 e. The summed E-state index contributed by atoms with van der Waals surface area (Å²) in [6, 6.07) is 5.35. The van der Waals surface area contributed by atoms with Gasteiger partial charge in [-0.25, -0.2) is 0 Å². The molecule has 0 bridgehead atoms. The average molecular weight is 342 g/mol. The molecule has 5 heteroatoms. The van der Waals surface area contributed by atoms with Gasteiger partial charge in [-0.1, -0.05) is 6.07 Å². The highest BCUT2D eigenvalue weighted by Gasteiger charge is 2.09. The molecule has 0 fully saturated rings. The first-order chi connectivity index (χ1) is 8.09. The zero-order valence-corrected chi connectivity index (χ0v) is 11.4. The predicted molar refractivity (Wildman–Crippen MR) is 73.2 cm³/mol. The lowest BCUT2D eigenvalue weighted by Gasteiger charge is -2.11. The Morgan fingerprint density at radius 1 is 1.53 bits per heavy atom. The topological polar surface area (TPSA) is 55.1 Å². The molecule has 0 aromatic carbocycles. The highest BCUT2D eigenvalue weighted by atomic mass is 127. The second-order valence-electron chi connectivity index (χ2n) is 3.74. The summed E-state index contributed by atoms with van der Waals surface area (Å²) in [6.45, 7) is 2.27. The van der Waals surface area contributed by atoms with Crippen molar-refractivity contribution >= 4 is 22.6 Å². The Morgan fingerprint density at radius 3 is 2.94 bits per heavy atom. The van der Waals surface area contributed by atoms with Crippen molar-refractivity contribution in [3.8, 4) is 5.75 Å². The molecular weight excluding hydrogens is 331 g/mol. The number of pyridine rings is 2. The number of hydrogen-bond donors (Lipinski definition) is 1. The van der Waals surface area contributed by atoms with Crippen LogP contribution in [-0.2, 0) is 6.54 Å². The van der Waals surface area contributed by atoms with Crippen LogP contribution in [0.3, 0.4) is 0 Å². The van der Waals surface area contributed by atoms with E-state index in [1.165, 1.54) is 0 Å². The van der Waals surface area contributed by atoms with Gasteiger partial charge in [0.15, 0.2) is 0 Å². The van der Waals surface area contributed by atoms with E-state index in [0.29, 0.717) is 10.1 Å². The zero-order valence-electron chi connectivity index (χ0n) is 9.22. The molecule has 0 saturated carbocycles. The van der Waals surface area contributed by atoms with Crippen LogP contribution < -0.4 is 5.56 Å². The van der Waals surface area contributed by atoms with Gasteiger partial charge in [0, 0.05) is 24.2 Å². The predicted octanol–water partition coefficient (Wildman–Crippen LogP) is 1.91. The third kappa shape index (κ3) is 2.49. The number of aromatic hydroxyl groups is 1. The molecule has 0 saturated heterocycles. The zero-order chi connectivity index (χ0) is 12.4. The van der Waals surface area contributed by atoms with Crippen molar-refractivity contribution in [1.29, 1.82) is 0 Å². The van der Waals surface area contributed by atoms with E-state index in [0.717, 1.165) is 11.3 Å². The lowest BCUT2D eigenvalue weighted by atomic mass is 10.2. The second kappa shape index (κ2) is 4.87. The van der Waals surface area contributed by atoms with E-state index in [4.69, 9.17) is 0 Å². The van der Waals surface area contributed by atoms with E-state index in [2.05, 4.69) is 4.98 Å². The van der Waals surface area contributed by atoms with Crippen molar-refractivity contribution in [2.45, 2.75) is 13.5 Å². The maximum absolute atomic E-state index is 12.0. The summed E-state index contributed by atoms with van der Waals surface area (Å²) in [5.74, 6) is 0.0375. The standard InChI is InChI=1S/C12H11IN2O2/c1-8-5-10(16)11(13)12(17)15(8)7-9-3-2-4-14-6-9/h2-6,16H,7H2,1H3. The Labute approximate surface area is 112 Å². The van der Waals surface area contributed by atoms with E-state index in [1.807, 2.05) is 34.7 Å². The van der Waals surface area contributed by atoms with Crippen LogP contribution in [-0.4, -0.2) is 14.7 Å². The van der Waals surface area contributed by atoms with Crippen molar-refractivity contribution in [2.24, 2.45) is 0 Å². The maximum atomic E-state index is 12.0. The molecule has 0 atom stereocenters. The van der Waals surface area contributed by atoms with Gasteiger partial charge in [0.05, 0.1) is 6.54 Å². The molecule has 2 heterocycles. The van der Waals surface area contributed by atoms with E-state index in [-0.39, 0.29) is 11.3 Å². The van der Waals surface area contributed by atoms with Crippen molar-refractivity contribution in [1.82, 2.24) is 9.55 Å². The summed E-state index contributed by atoms with van der Waals surface area (Å²) in [5.41, 5.74) is 1.52. The highest BCUT2D eigenvalue weighted by molar-refractivity contribution is 14.1. The number of aromatic nitrogens is 2. The molecule has 17 heavy (non-hydrogen) atoms. The maximum Gasteiger partial charge on any atom is 0.268 e. The molecule has 0 radical (unpaired) electrons. The number of nitrogens with zero attached hydrogens (tertiary/aromatic N) is 2. The van der Waals surface area contributed by atoms with Crippen LogP contribution in [0.15, 0.2) is 35.4 Å². The number of halogens is 1. The monoisotopic (exact) mass is 342 g/mol. The summed E-state index contributed by atoms with van der Waals surface area (Å²) >= 11 is 1.85. The summed E-state index contributed by atoms with van der Waals surface area (Å²) in [6.07, 6.45) is 3.42. The molecule has 0 aliphatic heterocycles. The normalized spacial score (nSPS) is 10.5. The lowest BCUT2D eigenvalue weighted by Crippen LogP contribution is -2.25. The van der Waals surface area contributed by atoms with Crippen molar-refractivity contribution in [2.75, 3.05) is 0 Å². The smallest absolute Gasteiger partial charge is 0.268 e. The van der Waals surface area contributed by atoms with Crippen LogP contribution in [0.5, 0.6) is 5.75 Å². The van der Waals surface area contributed by atoms with Crippen molar-refractivity contribution in [3.63, 3.8) is 0 Å². The molecule has 4 nitrogen and oxygen atoms in total. The largest absolute Gasteiger partial charge is 0.507 e. The van der Waals surface area contributed by atoms with E-state index < -0.39 is 0 Å². The molecule has 0 unspecified atom stereocenters. The molecule has 0 aliphatic carbocycles. The molecular formula is C12H11IN2O2. The van der Waals surface area contributed by atoms with Crippen LogP contribution in [0.4, 0.5) is 0 Å². The Bertz CT molecular complexity index is 593. The fraction of sp³-hybridized carbons (Fsp3) is 0.167. The third-order valence-electron chi connectivity index (χ3n) is 2.49. The molecule has 2 rings (SSSR count). The quantitative estimate of drug-likeness (QED) is 0.849. The minimum absolute atomic E-state index is 0.0375. The van der Waals surface area contributed by atoms with Crippen molar-refractivity contribution < 1.29 is 5.11 Å². The van der Waals surface area contributed by atoms with Gasteiger partial charge in [-0.15, -0.1) is 0 Å². The Balaban J connectivity index is 2.47. The summed E-state index contributed by atoms with van der Waals surface area (Å²) in [4.78, 5) is 16.0. The average Bonchev–Trinajstić information content (AvgIpc) is 2.33. The fourth-order valence-electron chi connectivity index (χ4n) is 1.60. The van der Waals surface area contributed by atoms with E-state index in [1.54, 1.807) is 30.0 Å². The van der Waals surface area contributed by atoms with Gasteiger partial charge in [0.2, 0.25) is 0 Å². The van der Waals surface area contributed by atoms with Gasteiger partial charge >= 0.3 is 0 Å². The number of hydrogen-bond acceptors (Lipinski definition) is 3. The van der Waals surface area contributed by atoms with Crippen LogP contribution in [0.2, 0.25) is 0 Å². The molecule has 88 valence electrons. The fourth-order valence-corrected chi connectivity index (χ4v) is 2.04. The van der Waals surface area contributed by atoms with Gasteiger partial charge in [-0.05, 0) is 41.1 Å². The highest BCUT2D eigenvalue weighted by Crippen LogP contribution is 2.16. The van der Waals surface area contributed by atoms with Crippen LogP contribution in [0.25, 0.3) is 0 Å². The molecule has 1 N–H and O–H groups in total. The van der Waals surface area contributed by atoms with Gasteiger partial charge in [0.1, 0.15) is 9.32 Å². The van der Waals surface area contributed by atoms with Gasteiger partial charge in [-0.2, -0.15) is 0 Å². The SMILES string of the molecule is Cc1cc(O)c(I)c(=O)n1Cc1cccnc1. The van der Waals surface area contributed by atoms with E-state index in [9.17, 15) is 9.90 Å². The first-order valence-electron chi connectivity index (χ1n) is 5.07. The minimum atomic E-state index is -0.174.